The van der Waals surface area contributed by atoms with Crippen LogP contribution in [0.5, 0.6) is 0 Å². The number of fused-ring (bicyclic) bond motifs is 1. The number of nitrogens with one attached hydrogen (secondary N) is 3. The molecular weight excluding hydrogens is 262 g/mol. The lowest BCUT2D eigenvalue weighted by Crippen LogP contribution is -2.34. The molecule has 0 radical (unpaired) electrons. The fourth-order valence-electron chi connectivity index (χ4n) is 2.60. The molecule has 1 atom stereocenters. The van der Waals surface area contributed by atoms with Crippen LogP contribution in [0.3, 0.4) is 0 Å². The number of benzene rings is 1. The molecule has 3 N–H and O–H groups in total. The van der Waals surface area contributed by atoms with Gasteiger partial charge in [-0.15, -0.1) is 0 Å². The summed E-state index contributed by atoms with van der Waals surface area (Å²) >= 11 is 0. The number of carbonyl (C=O) groups is 1. The number of anilines is 1. The molecule has 1 heterocycles. The molecule has 21 heavy (non-hydrogen) atoms. The molecule has 0 fully saturated rings. The predicted octanol–water partition coefficient (Wildman–Crippen LogP) is 2.44. The second kappa shape index (κ2) is 8.03. The molecule has 4 heteroatoms. The maximum atomic E-state index is 11.7. The number of rotatable bonds is 7. The van der Waals surface area contributed by atoms with Gasteiger partial charge in [-0.3, -0.25) is 4.79 Å². The molecule has 1 unspecified atom stereocenters. The van der Waals surface area contributed by atoms with Crippen molar-refractivity contribution in [3.05, 3.63) is 29.3 Å². The van der Waals surface area contributed by atoms with Gasteiger partial charge in [0, 0.05) is 37.8 Å². The summed E-state index contributed by atoms with van der Waals surface area (Å²) in [6.07, 6.45) is 3.88. The number of para-hydroxylation sites is 1. The highest BCUT2D eigenvalue weighted by atomic mass is 16.1. The Bertz CT molecular complexity index is 473. The first kappa shape index (κ1) is 15.8. The maximum Gasteiger partial charge on any atom is 0.221 e. The molecule has 116 valence electrons. The predicted molar refractivity (Wildman–Crippen MR) is 87.5 cm³/mol. The summed E-state index contributed by atoms with van der Waals surface area (Å²) in [5.41, 5.74) is 4.00. The minimum atomic E-state index is 0.130. The monoisotopic (exact) mass is 289 g/mol. The van der Waals surface area contributed by atoms with Crippen LogP contribution in [-0.4, -0.2) is 25.0 Å². The lowest BCUT2D eigenvalue weighted by Gasteiger charge is -2.21. The third-order valence-corrected chi connectivity index (χ3v) is 4.03. The Hall–Kier alpha value is -1.55. The Morgan fingerprint density at radius 2 is 2.29 bits per heavy atom. The van der Waals surface area contributed by atoms with Crippen LogP contribution in [0.25, 0.3) is 0 Å². The highest BCUT2D eigenvalue weighted by Gasteiger charge is 2.12. The van der Waals surface area contributed by atoms with Crippen LogP contribution in [0.2, 0.25) is 0 Å². The largest absolute Gasteiger partial charge is 0.385 e. The van der Waals surface area contributed by atoms with E-state index in [0.717, 1.165) is 25.9 Å². The van der Waals surface area contributed by atoms with Crippen LogP contribution in [0.1, 0.15) is 44.2 Å². The van der Waals surface area contributed by atoms with Crippen molar-refractivity contribution in [2.75, 3.05) is 18.4 Å². The zero-order valence-electron chi connectivity index (χ0n) is 13.2. The average Bonchev–Trinajstić information content (AvgIpc) is 2.51. The first-order chi connectivity index (χ1) is 10.2. The SMILES string of the molecule is CCC(C)NC(=O)CCNCc1cccc2c1NCCC2. The van der Waals surface area contributed by atoms with Crippen LogP contribution in [0.4, 0.5) is 5.69 Å². The number of carbonyl (C=O) groups excluding carboxylic acids is 1. The van der Waals surface area contributed by atoms with Crippen LogP contribution in [0.15, 0.2) is 18.2 Å². The van der Waals surface area contributed by atoms with Crippen LogP contribution < -0.4 is 16.0 Å². The number of amides is 1. The summed E-state index contributed by atoms with van der Waals surface area (Å²) in [5, 5.41) is 9.86. The van der Waals surface area contributed by atoms with Crippen molar-refractivity contribution < 1.29 is 4.79 Å². The minimum Gasteiger partial charge on any atom is -0.385 e. The van der Waals surface area contributed by atoms with Crippen molar-refractivity contribution in [1.29, 1.82) is 0 Å². The third kappa shape index (κ3) is 4.74. The van der Waals surface area contributed by atoms with Crippen molar-refractivity contribution in [3.63, 3.8) is 0 Å². The zero-order valence-corrected chi connectivity index (χ0v) is 13.2. The maximum absolute atomic E-state index is 11.7. The van der Waals surface area contributed by atoms with Gasteiger partial charge >= 0.3 is 0 Å². The van der Waals surface area contributed by atoms with Gasteiger partial charge in [-0.05, 0) is 37.3 Å². The quantitative estimate of drug-likeness (QED) is 0.676. The highest BCUT2D eigenvalue weighted by Crippen LogP contribution is 2.25. The molecule has 0 saturated heterocycles. The van der Waals surface area contributed by atoms with Crippen LogP contribution >= 0.6 is 0 Å². The summed E-state index contributed by atoms with van der Waals surface area (Å²) in [4.78, 5) is 11.7. The zero-order chi connectivity index (χ0) is 15.1. The van der Waals surface area contributed by atoms with E-state index in [0.29, 0.717) is 13.0 Å². The van der Waals surface area contributed by atoms with E-state index in [-0.39, 0.29) is 11.9 Å². The summed E-state index contributed by atoms with van der Waals surface area (Å²) < 4.78 is 0. The van der Waals surface area contributed by atoms with Gasteiger partial charge in [0.15, 0.2) is 0 Å². The van der Waals surface area contributed by atoms with Gasteiger partial charge in [-0.2, -0.15) is 0 Å². The van der Waals surface area contributed by atoms with E-state index in [2.05, 4.69) is 41.1 Å². The highest BCUT2D eigenvalue weighted by molar-refractivity contribution is 5.76. The van der Waals surface area contributed by atoms with Crippen molar-refractivity contribution in [2.45, 2.75) is 52.1 Å². The summed E-state index contributed by atoms with van der Waals surface area (Å²) in [5.74, 6) is 0.130. The van der Waals surface area contributed by atoms with E-state index in [4.69, 9.17) is 0 Å². The van der Waals surface area contributed by atoms with E-state index >= 15 is 0 Å². The van der Waals surface area contributed by atoms with Crippen molar-refractivity contribution in [2.24, 2.45) is 0 Å². The van der Waals surface area contributed by atoms with Gasteiger partial charge in [0.1, 0.15) is 0 Å². The molecule has 4 nitrogen and oxygen atoms in total. The molecule has 0 aliphatic carbocycles. The molecule has 0 aromatic heterocycles. The minimum absolute atomic E-state index is 0.130. The average molecular weight is 289 g/mol. The first-order valence-corrected chi connectivity index (χ1v) is 8.05. The fraction of sp³-hybridized carbons (Fsp3) is 0.588. The van der Waals surface area contributed by atoms with E-state index < -0.39 is 0 Å². The van der Waals surface area contributed by atoms with Gasteiger partial charge in [0.25, 0.3) is 0 Å². The van der Waals surface area contributed by atoms with Crippen LogP contribution in [-0.2, 0) is 17.8 Å². The van der Waals surface area contributed by atoms with Gasteiger partial charge < -0.3 is 16.0 Å². The molecular formula is C17H27N3O. The normalized spacial score (nSPS) is 15.0. The standard InChI is InChI=1S/C17H27N3O/c1-3-13(2)20-16(21)9-11-18-12-15-7-4-6-14-8-5-10-19-17(14)15/h4,6-7,13,18-19H,3,5,8-12H2,1-2H3,(H,20,21). The molecule has 1 amide bonds. The second-order valence-corrected chi connectivity index (χ2v) is 5.79. The van der Waals surface area contributed by atoms with E-state index in [1.807, 2.05) is 6.92 Å². The molecule has 2 rings (SSSR count). The topological polar surface area (TPSA) is 53.2 Å². The summed E-state index contributed by atoms with van der Waals surface area (Å²) in [6.45, 7) is 6.70. The van der Waals surface area contributed by atoms with Crippen molar-refractivity contribution >= 4 is 11.6 Å². The summed E-state index contributed by atoms with van der Waals surface area (Å²) in [6, 6.07) is 6.75. The van der Waals surface area contributed by atoms with E-state index in [9.17, 15) is 4.79 Å². The van der Waals surface area contributed by atoms with Crippen molar-refractivity contribution in [3.8, 4) is 0 Å². The number of aryl methyl sites for hydroxylation is 1. The second-order valence-electron chi connectivity index (χ2n) is 5.79. The number of hydrogen-bond acceptors (Lipinski definition) is 3. The van der Waals surface area contributed by atoms with Gasteiger partial charge in [-0.1, -0.05) is 25.1 Å². The molecule has 0 spiro atoms. The van der Waals surface area contributed by atoms with Crippen LogP contribution in [0, 0.1) is 0 Å². The lowest BCUT2D eigenvalue weighted by atomic mass is 9.99. The van der Waals surface area contributed by atoms with Gasteiger partial charge in [-0.25, -0.2) is 0 Å². The van der Waals surface area contributed by atoms with Gasteiger partial charge in [0.05, 0.1) is 0 Å². The number of hydrogen-bond donors (Lipinski definition) is 3. The van der Waals surface area contributed by atoms with E-state index in [1.165, 1.54) is 23.2 Å². The Morgan fingerprint density at radius 1 is 1.43 bits per heavy atom. The third-order valence-electron chi connectivity index (χ3n) is 4.03. The van der Waals surface area contributed by atoms with E-state index in [1.54, 1.807) is 0 Å². The molecule has 0 saturated carbocycles. The Morgan fingerprint density at radius 3 is 3.10 bits per heavy atom. The summed E-state index contributed by atoms with van der Waals surface area (Å²) in [7, 11) is 0. The molecule has 0 bridgehead atoms. The Labute approximate surface area is 127 Å². The molecule has 1 aliphatic heterocycles. The molecule has 1 aliphatic rings. The van der Waals surface area contributed by atoms with Gasteiger partial charge in [0.2, 0.25) is 5.91 Å². The Kier molecular flexibility index (Phi) is 6.05. The lowest BCUT2D eigenvalue weighted by molar-refractivity contribution is -0.121. The first-order valence-electron chi connectivity index (χ1n) is 8.05. The Balaban J connectivity index is 1.75. The fourth-order valence-corrected chi connectivity index (χ4v) is 2.60. The smallest absolute Gasteiger partial charge is 0.221 e. The molecule has 1 aromatic carbocycles. The van der Waals surface area contributed by atoms with Crippen molar-refractivity contribution in [1.82, 2.24) is 10.6 Å². The molecule has 1 aromatic rings.